The first-order valence-corrected chi connectivity index (χ1v) is 16.8. The van der Waals surface area contributed by atoms with Crippen molar-refractivity contribution in [1.29, 1.82) is 0 Å². The number of rotatable bonds is 7. The number of hydrogen-bond acceptors (Lipinski definition) is 6. The Labute approximate surface area is 210 Å². The summed E-state index contributed by atoms with van der Waals surface area (Å²) in [4.78, 5) is 12.7. The Bertz CT molecular complexity index is 1300. The predicted molar refractivity (Wildman–Crippen MR) is 139 cm³/mol. The number of terminal acetylenes is 1. The number of imidazole rings is 1. The van der Waals surface area contributed by atoms with Crippen molar-refractivity contribution in [3.05, 3.63) is 41.8 Å². The molecule has 4 rings (SSSR count). The van der Waals surface area contributed by atoms with E-state index in [1.54, 1.807) is 6.33 Å². The fraction of sp³-hybridized carbons (Fsp3) is 0.458. The van der Waals surface area contributed by atoms with E-state index >= 15 is 0 Å². The Kier molecular flexibility index (Phi) is 6.29. The van der Waals surface area contributed by atoms with Crippen molar-refractivity contribution in [1.82, 2.24) is 19.5 Å². The Balaban J connectivity index is 1.76. The van der Waals surface area contributed by atoms with E-state index in [1.807, 2.05) is 34.9 Å². The number of nitrogen functional groups attached to an aromatic ring is 1. The van der Waals surface area contributed by atoms with Gasteiger partial charge in [0.25, 0.3) is 0 Å². The van der Waals surface area contributed by atoms with Crippen molar-refractivity contribution in [2.45, 2.75) is 56.2 Å². The molecule has 1 saturated carbocycles. The summed E-state index contributed by atoms with van der Waals surface area (Å²) in [7, 11) is -2.06. The van der Waals surface area contributed by atoms with E-state index in [9.17, 15) is 3.83 Å². The summed E-state index contributed by atoms with van der Waals surface area (Å²) in [6.07, 6.45) is 8.41. The van der Waals surface area contributed by atoms with Gasteiger partial charge in [-0.05, 0) is 0 Å². The quantitative estimate of drug-likeness (QED) is 0.264. The molecule has 1 fully saturated rings. The number of nitrogens with zero attached hydrogens (tertiary/aromatic N) is 4. The minimum absolute atomic E-state index is 0.0403. The fourth-order valence-electron chi connectivity index (χ4n) is 3.97. The van der Waals surface area contributed by atoms with Crippen LogP contribution in [0, 0.1) is 17.8 Å². The average Bonchev–Trinajstić information content (AvgIpc) is 3.26. The third kappa shape index (κ3) is 4.12. The van der Waals surface area contributed by atoms with Gasteiger partial charge in [-0.3, -0.25) is 0 Å². The molecule has 3 atom stereocenters. The van der Waals surface area contributed by atoms with Crippen molar-refractivity contribution in [3.63, 3.8) is 0 Å². The third-order valence-corrected chi connectivity index (χ3v) is 16.4. The average molecular weight is 563 g/mol. The zero-order valence-corrected chi connectivity index (χ0v) is 23.6. The van der Waals surface area contributed by atoms with Gasteiger partial charge in [0.15, 0.2) is 0 Å². The molecule has 3 aromatic rings. The summed E-state index contributed by atoms with van der Waals surface area (Å²) in [5.74, 6) is 3.07. The van der Waals surface area contributed by atoms with Gasteiger partial charge < -0.3 is 0 Å². The molecule has 2 aromatic heterocycles. The molecule has 0 saturated heterocycles. The molecule has 10 heteroatoms. The molecule has 2 N–H and O–H groups in total. The van der Waals surface area contributed by atoms with Crippen LogP contribution in [-0.4, -0.2) is 48.3 Å². The number of anilines is 1. The number of halogens is 1. The topological polar surface area (TPSA) is 95.9 Å². The van der Waals surface area contributed by atoms with Crippen molar-refractivity contribution in [2.24, 2.45) is 5.41 Å². The minimum atomic E-state index is -2.62. The van der Waals surface area contributed by atoms with Crippen LogP contribution in [0.2, 0.25) is 27.6 Å². The number of fused-ring (bicyclic) bond motifs is 1. The molecule has 2 heterocycles. The SMILES string of the molecule is C#CC1(CO[Si](C)(C)C(C)(C)C)CC1(Cn1cnc2c(Cl)nc(N)nc21)[Se](=O)c1ccccc1. The van der Waals surface area contributed by atoms with Gasteiger partial charge in [0.2, 0.25) is 0 Å². The van der Waals surface area contributed by atoms with E-state index in [0.717, 1.165) is 4.46 Å². The second-order valence-electron chi connectivity index (χ2n) is 10.4. The van der Waals surface area contributed by atoms with Crippen LogP contribution in [-0.2, 0) is 14.8 Å². The van der Waals surface area contributed by atoms with Crippen LogP contribution in [0.3, 0.4) is 0 Å². The molecular weight excluding hydrogens is 533 g/mol. The van der Waals surface area contributed by atoms with Gasteiger partial charge in [-0.2, -0.15) is 0 Å². The van der Waals surface area contributed by atoms with Gasteiger partial charge >= 0.3 is 211 Å². The van der Waals surface area contributed by atoms with Crippen molar-refractivity contribution in [3.8, 4) is 12.3 Å². The summed E-state index contributed by atoms with van der Waals surface area (Å²) in [5.41, 5.74) is 6.16. The monoisotopic (exact) mass is 563 g/mol. The van der Waals surface area contributed by atoms with E-state index in [1.165, 1.54) is 0 Å². The number of nitrogens with two attached hydrogens (primary N) is 1. The van der Waals surface area contributed by atoms with E-state index < -0.39 is 31.9 Å². The van der Waals surface area contributed by atoms with Crippen LogP contribution in [0.1, 0.15) is 27.2 Å². The Morgan fingerprint density at radius 2 is 1.97 bits per heavy atom. The van der Waals surface area contributed by atoms with Gasteiger partial charge in [0.1, 0.15) is 0 Å². The van der Waals surface area contributed by atoms with Crippen LogP contribution >= 0.6 is 11.6 Å². The first-order valence-electron chi connectivity index (χ1n) is 11.1. The standard InChI is InChI=1S/C24H30ClN5O2SeSi/c1-7-23(15-32-34(5,6)22(2,3)4)13-24(23,33(31)17-11-9-8-10-12-17)14-30-16-27-18-19(25)28-21(26)29-20(18)30/h1,8-12,16H,13-15H2,2-6H3,(H2,26,28,29). The third-order valence-electron chi connectivity index (χ3n) is 7.27. The molecule has 0 radical (unpaired) electrons. The van der Waals surface area contributed by atoms with Crippen molar-refractivity contribution in [2.75, 3.05) is 12.3 Å². The van der Waals surface area contributed by atoms with Crippen molar-refractivity contribution >= 4 is 55.3 Å². The fourth-order valence-corrected chi connectivity index (χ4v) is 9.34. The Morgan fingerprint density at radius 1 is 1.29 bits per heavy atom. The molecule has 0 bridgehead atoms. The van der Waals surface area contributed by atoms with Crippen LogP contribution in [0.15, 0.2) is 36.7 Å². The van der Waals surface area contributed by atoms with Crippen LogP contribution in [0.25, 0.3) is 11.2 Å². The molecule has 3 unspecified atom stereocenters. The second-order valence-corrected chi connectivity index (χ2v) is 19.4. The second kappa shape index (κ2) is 8.54. The molecule has 7 nitrogen and oxygen atoms in total. The van der Waals surface area contributed by atoms with Gasteiger partial charge in [0, 0.05) is 0 Å². The normalized spacial score (nSPS) is 23.6. The molecular formula is C24H30ClN5O2SeSi. The molecule has 1 aromatic carbocycles. The zero-order valence-electron chi connectivity index (χ0n) is 20.1. The molecule has 180 valence electrons. The number of hydrogen-bond donors (Lipinski definition) is 1. The summed E-state index contributed by atoms with van der Waals surface area (Å²) in [6, 6.07) is 9.56. The van der Waals surface area contributed by atoms with E-state index in [0.29, 0.717) is 30.7 Å². The molecule has 1 aliphatic rings. The van der Waals surface area contributed by atoms with E-state index in [2.05, 4.69) is 54.7 Å². The van der Waals surface area contributed by atoms with Crippen LogP contribution in [0.4, 0.5) is 5.95 Å². The Hall–Kier alpha value is -2.08. The molecule has 1 aliphatic carbocycles. The van der Waals surface area contributed by atoms with Gasteiger partial charge in [0.05, 0.1) is 0 Å². The first kappa shape index (κ1) is 25.0. The van der Waals surface area contributed by atoms with Gasteiger partial charge in [-0.15, -0.1) is 0 Å². The van der Waals surface area contributed by atoms with Crippen molar-refractivity contribution < 1.29 is 8.26 Å². The van der Waals surface area contributed by atoms with Crippen LogP contribution < -0.4 is 10.2 Å². The van der Waals surface area contributed by atoms with Gasteiger partial charge in [-0.1, -0.05) is 0 Å². The maximum atomic E-state index is 14.2. The van der Waals surface area contributed by atoms with Gasteiger partial charge in [-0.25, -0.2) is 0 Å². The number of aromatic nitrogens is 4. The number of benzene rings is 1. The summed E-state index contributed by atoms with van der Waals surface area (Å²) >= 11 is 3.62. The van der Waals surface area contributed by atoms with E-state index in [-0.39, 0.29) is 16.1 Å². The molecule has 0 amide bonds. The molecule has 0 spiro atoms. The zero-order chi connectivity index (χ0) is 24.9. The first-order chi connectivity index (χ1) is 15.9. The maximum absolute atomic E-state index is 14.2. The summed E-state index contributed by atoms with van der Waals surface area (Å²) in [5, 5.41) is 0.229. The summed E-state index contributed by atoms with van der Waals surface area (Å²) in [6.45, 7) is 11.7. The summed E-state index contributed by atoms with van der Waals surface area (Å²) < 4.78 is 22.8. The van der Waals surface area contributed by atoms with Crippen LogP contribution in [0.5, 0.6) is 0 Å². The molecule has 0 aliphatic heterocycles. The van der Waals surface area contributed by atoms with E-state index in [4.69, 9.17) is 28.2 Å². The Morgan fingerprint density at radius 3 is 2.59 bits per heavy atom. The molecule has 34 heavy (non-hydrogen) atoms. The predicted octanol–water partition coefficient (Wildman–Crippen LogP) is 4.18.